The fraction of sp³-hybridized carbons (Fsp3) is 0.125. The number of amides is 1. The topological polar surface area (TPSA) is 29.1 Å². The van der Waals surface area contributed by atoms with Crippen LogP contribution in [0.4, 0.5) is 10.1 Å². The van der Waals surface area contributed by atoms with Crippen molar-refractivity contribution in [3.63, 3.8) is 0 Å². The molecule has 0 aliphatic carbocycles. The Morgan fingerprint density at radius 1 is 1.58 bits per heavy atom. The summed E-state index contributed by atoms with van der Waals surface area (Å²) in [5, 5.41) is 2.47. The average Bonchev–Trinajstić information content (AvgIpc) is 2.07. The average molecular weight is 232 g/mol. The van der Waals surface area contributed by atoms with Gasteiger partial charge >= 0.3 is 0 Å². The van der Waals surface area contributed by atoms with E-state index < -0.39 is 0 Å². The van der Waals surface area contributed by atoms with Gasteiger partial charge in [-0.1, -0.05) is 0 Å². The number of hydrogen-bond acceptors (Lipinski definition) is 1. The van der Waals surface area contributed by atoms with Crippen molar-refractivity contribution >= 4 is 28.0 Å². The van der Waals surface area contributed by atoms with Gasteiger partial charge in [0.05, 0.1) is 4.47 Å². The van der Waals surface area contributed by atoms with Crippen LogP contribution >= 0.6 is 15.9 Å². The van der Waals surface area contributed by atoms with Crippen LogP contribution in [-0.2, 0) is 4.79 Å². The van der Waals surface area contributed by atoms with Crippen LogP contribution in [-0.4, -0.2) is 6.41 Å². The first-order valence-corrected chi connectivity index (χ1v) is 4.11. The molecule has 0 bridgehead atoms. The summed E-state index contributed by atoms with van der Waals surface area (Å²) in [5.41, 5.74) is 1.29. The summed E-state index contributed by atoms with van der Waals surface area (Å²) in [7, 11) is 0. The predicted octanol–water partition coefficient (Wildman–Crippen LogP) is 2.46. The highest BCUT2D eigenvalue weighted by molar-refractivity contribution is 9.10. The van der Waals surface area contributed by atoms with E-state index in [1.54, 1.807) is 6.92 Å². The first-order valence-electron chi connectivity index (χ1n) is 3.31. The summed E-state index contributed by atoms with van der Waals surface area (Å²) >= 11 is 3.07. The third kappa shape index (κ3) is 1.64. The van der Waals surface area contributed by atoms with Crippen LogP contribution in [0.1, 0.15) is 5.56 Å². The number of nitrogens with one attached hydrogen (secondary N) is 1. The minimum Gasteiger partial charge on any atom is -0.328 e. The molecule has 0 unspecified atom stereocenters. The number of anilines is 1. The second kappa shape index (κ2) is 3.67. The second-order valence-electron chi connectivity index (χ2n) is 2.30. The number of hydrogen-bond donors (Lipinski definition) is 1. The fourth-order valence-corrected chi connectivity index (χ4v) is 1.22. The third-order valence-corrected chi connectivity index (χ3v) is 2.53. The van der Waals surface area contributed by atoms with Crippen LogP contribution in [0.3, 0.4) is 0 Å². The van der Waals surface area contributed by atoms with Gasteiger partial charge in [0.2, 0.25) is 6.41 Å². The van der Waals surface area contributed by atoms with Crippen molar-refractivity contribution in [2.45, 2.75) is 6.92 Å². The lowest BCUT2D eigenvalue weighted by Gasteiger charge is -2.05. The molecule has 0 radical (unpaired) electrons. The largest absolute Gasteiger partial charge is 0.328 e. The summed E-state index contributed by atoms with van der Waals surface area (Å²) in [5.74, 6) is -0.330. The van der Waals surface area contributed by atoms with Crippen LogP contribution in [0.25, 0.3) is 0 Å². The van der Waals surface area contributed by atoms with Gasteiger partial charge < -0.3 is 5.32 Å². The van der Waals surface area contributed by atoms with E-state index in [0.717, 1.165) is 0 Å². The standard InChI is InChI=1S/C8H7BrFNO/c1-5-7(11-4-12)3-2-6(10)8(5)9/h2-4H,1H3,(H,11,12). The van der Waals surface area contributed by atoms with E-state index in [1.807, 2.05) is 0 Å². The number of rotatable bonds is 2. The third-order valence-electron chi connectivity index (χ3n) is 1.55. The molecule has 1 aromatic rings. The van der Waals surface area contributed by atoms with Crippen molar-refractivity contribution in [2.75, 3.05) is 5.32 Å². The molecule has 64 valence electrons. The Hall–Kier alpha value is -0.900. The Bertz CT molecular complexity index is 314. The Morgan fingerprint density at radius 2 is 2.25 bits per heavy atom. The van der Waals surface area contributed by atoms with Crippen molar-refractivity contribution in [1.82, 2.24) is 0 Å². The van der Waals surface area contributed by atoms with E-state index in [4.69, 9.17) is 0 Å². The highest BCUT2D eigenvalue weighted by Crippen LogP contribution is 2.26. The lowest BCUT2D eigenvalue weighted by atomic mass is 10.2. The van der Waals surface area contributed by atoms with Gasteiger partial charge in [-0.2, -0.15) is 0 Å². The summed E-state index contributed by atoms with van der Waals surface area (Å²) in [6.07, 6.45) is 0.562. The molecule has 0 heterocycles. The lowest BCUT2D eigenvalue weighted by Crippen LogP contribution is -1.97. The summed E-state index contributed by atoms with van der Waals surface area (Å²) in [6.45, 7) is 1.72. The maximum atomic E-state index is 12.8. The Morgan fingerprint density at radius 3 is 2.83 bits per heavy atom. The van der Waals surface area contributed by atoms with Gasteiger partial charge in [0.1, 0.15) is 5.82 Å². The van der Waals surface area contributed by atoms with Gasteiger partial charge in [0.15, 0.2) is 0 Å². The Balaban J connectivity index is 3.16. The molecule has 0 spiro atoms. The van der Waals surface area contributed by atoms with E-state index in [2.05, 4.69) is 21.2 Å². The van der Waals surface area contributed by atoms with Gasteiger partial charge in [-0.25, -0.2) is 4.39 Å². The molecule has 0 saturated heterocycles. The molecule has 0 aliphatic rings. The van der Waals surface area contributed by atoms with Gasteiger partial charge in [-0.15, -0.1) is 0 Å². The maximum Gasteiger partial charge on any atom is 0.211 e. The molecule has 1 amide bonds. The zero-order valence-corrected chi connectivity index (χ0v) is 7.98. The molecular formula is C8H7BrFNO. The van der Waals surface area contributed by atoms with Gasteiger partial charge in [-0.05, 0) is 40.5 Å². The van der Waals surface area contributed by atoms with Crippen LogP contribution in [0, 0.1) is 12.7 Å². The molecule has 1 aromatic carbocycles. The first kappa shape index (κ1) is 9.19. The second-order valence-corrected chi connectivity index (χ2v) is 3.09. The molecule has 12 heavy (non-hydrogen) atoms. The fourth-order valence-electron chi connectivity index (χ4n) is 0.872. The number of benzene rings is 1. The minimum atomic E-state index is -0.330. The predicted molar refractivity (Wildman–Crippen MR) is 48.5 cm³/mol. The van der Waals surface area contributed by atoms with Crippen LogP contribution in [0.15, 0.2) is 16.6 Å². The normalized spacial score (nSPS) is 9.58. The van der Waals surface area contributed by atoms with E-state index in [0.29, 0.717) is 22.1 Å². The highest BCUT2D eigenvalue weighted by Gasteiger charge is 2.05. The summed E-state index contributed by atoms with van der Waals surface area (Å²) in [4.78, 5) is 10.1. The molecule has 0 aromatic heterocycles. The number of carbonyl (C=O) groups is 1. The first-order chi connectivity index (χ1) is 5.66. The molecule has 0 fully saturated rings. The molecule has 0 saturated carbocycles. The quantitative estimate of drug-likeness (QED) is 0.779. The summed E-state index contributed by atoms with van der Waals surface area (Å²) in [6, 6.07) is 2.81. The zero-order chi connectivity index (χ0) is 9.14. The molecular weight excluding hydrogens is 225 g/mol. The van der Waals surface area contributed by atoms with Crippen LogP contribution < -0.4 is 5.32 Å². The minimum absolute atomic E-state index is 0.330. The zero-order valence-electron chi connectivity index (χ0n) is 6.40. The van der Waals surface area contributed by atoms with Crippen LogP contribution in [0.5, 0.6) is 0 Å². The Kier molecular flexibility index (Phi) is 2.81. The maximum absolute atomic E-state index is 12.8. The molecule has 1 N–H and O–H groups in total. The Labute approximate surface area is 77.9 Å². The van der Waals surface area contributed by atoms with E-state index in [9.17, 15) is 9.18 Å². The molecule has 0 atom stereocenters. The summed E-state index contributed by atoms with van der Waals surface area (Å²) < 4.78 is 13.2. The molecule has 2 nitrogen and oxygen atoms in total. The van der Waals surface area contributed by atoms with Gasteiger partial charge in [0.25, 0.3) is 0 Å². The van der Waals surface area contributed by atoms with Crippen molar-refractivity contribution in [3.8, 4) is 0 Å². The monoisotopic (exact) mass is 231 g/mol. The molecule has 0 aliphatic heterocycles. The van der Waals surface area contributed by atoms with E-state index in [-0.39, 0.29) is 5.82 Å². The molecule has 1 rings (SSSR count). The van der Waals surface area contributed by atoms with E-state index in [1.165, 1.54) is 12.1 Å². The van der Waals surface area contributed by atoms with Crippen molar-refractivity contribution in [2.24, 2.45) is 0 Å². The SMILES string of the molecule is Cc1c(NC=O)ccc(F)c1Br. The van der Waals surface area contributed by atoms with Crippen molar-refractivity contribution in [3.05, 3.63) is 28.0 Å². The lowest BCUT2D eigenvalue weighted by molar-refractivity contribution is -0.105. The van der Waals surface area contributed by atoms with E-state index >= 15 is 0 Å². The van der Waals surface area contributed by atoms with Crippen molar-refractivity contribution < 1.29 is 9.18 Å². The van der Waals surface area contributed by atoms with Crippen molar-refractivity contribution in [1.29, 1.82) is 0 Å². The molecule has 4 heteroatoms. The number of carbonyl (C=O) groups excluding carboxylic acids is 1. The highest BCUT2D eigenvalue weighted by atomic mass is 79.9. The van der Waals surface area contributed by atoms with Gasteiger partial charge in [0, 0.05) is 5.69 Å². The van der Waals surface area contributed by atoms with Crippen LogP contribution in [0.2, 0.25) is 0 Å². The van der Waals surface area contributed by atoms with Gasteiger partial charge in [-0.3, -0.25) is 4.79 Å². The smallest absolute Gasteiger partial charge is 0.211 e. The number of halogens is 2.